The molecule has 2 rings (SSSR count). The van der Waals surface area contributed by atoms with Crippen molar-refractivity contribution in [3.8, 4) is 0 Å². The molecule has 0 saturated heterocycles. The Kier molecular flexibility index (Phi) is 4.43. The average molecular weight is 304 g/mol. The van der Waals surface area contributed by atoms with Crippen LogP contribution in [-0.4, -0.2) is 9.97 Å². The number of thiazole rings is 1. The zero-order chi connectivity index (χ0) is 11.5. The van der Waals surface area contributed by atoms with E-state index in [1.807, 2.05) is 0 Å². The van der Waals surface area contributed by atoms with Crippen LogP contribution in [0.15, 0.2) is 12.3 Å². The van der Waals surface area contributed by atoms with Crippen molar-refractivity contribution in [3.63, 3.8) is 0 Å². The predicted octanol–water partition coefficient (Wildman–Crippen LogP) is 3.20. The summed E-state index contributed by atoms with van der Waals surface area (Å²) in [7, 11) is 4.76. The van der Waals surface area contributed by atoms with Crippen LogP contribution in [0.4, 0.5) is 13.2 Å². The van der Waals surface area contributed by atoms with Gasteiger partial charge in [0.15, 0.2) is 0 Å². The predicted molar refractivity (Wildman–Crippen MR) is 47.1 cm³/mol. The minimum absolute atomic E-state index is 0.285. The van der Waals surface area contributed by atoms with Gasteiger partial charge in [0.2, 0.25) is 0 Å². The van der Waals surface area contributed by atoms with E-state index in [2.05, 4.69) is 15.5 Å². The second-order valence-electron chi connectivity index (χ2n) is 2.34. The summed E-state index contributed by atoms with van der Waals surface area (Å²) in [4.78, 5) is 6.92. The number of hydrogen-bond acceptors (Lipinski definition) is 3. The molecule has 2 aromatic rings. The fourth-order valence-electron chi connectivity index (χ4n) is 0.874. The van der Waals surface area contributed by atoms with Crippen LogP contribution in [0.3, 0.4) is 0 Å². The third kappa shape index (κ3) is 3.10. The third-order valence-electron chi connectivity index (χ3n) is 1.46. The summed E-state index contributed by atoms with van der Waals surface area (Å²) >= 11 is 1.99. The first-order valence-corrected chi connectivity index (χ1v) is 8.25. The summed E-state index contributed by atoms with van der Waals surface area (Å²) in [6, 6.07) is 0.919. The van der Waals surface area contributed by atoms with Gasteiger partial charge in [-0.1, -0.05) is 16.3 Å². The van der Waals surface area contributed by atoms with Gasteiger partial charge in [-0.05, 0) is 11.7 Å². The van der Waals surface area contributed by atoms with Crippen molar-refractivity contribution in [2.24, 2.45) is 0 Å². The first-order chi connectivity index (χ1) is 7.07. The van der Waals surface area contributed by atoms with E-state index in [0.29, 0.717) is 4.70 Å². The number of aromatic nitrogens is 2. The Balaban J connectivity index is 0.000000531. The van der Waals surface area contributed by atoms with Crippen molar-refractivity contribution in [2.45, 2.75) is 6.18 Å². The van der Waals surface area contributed by atoms with Crippen molar-refractivity contribution >= 4 is 31.2 Å². The number of alkyl halides is 3. The molecule has 0 radical (unpaired) electrons. The molecule has 0 aromatic carbocycles. The molecule has 0 bridgehead atoms. The molecule has 0 N–H and O–H groups in total. The van der Waals surface area contributed by atoms with E-state index < -0.39 is 11.9 Å². The molecule has 15 heavy (non-hydrogen) atoms. The standard InChI is InChI=1S/C7H2F3N2S.ClH.Zn/c8-7(9,10)6-1-4-5(2-11-6)13-3-12-4;;/h1-2H;1H;/q-1;;+2/p-1. The molecule has 76 valence electrons. The van der Waals surface area contributed by atoms with Crippen molar-refractivity contribution in [1.29, 1.82) is 0 Å². The monoisotopic (exact) mass is 302 g/mol. The Hall–Kier alpha value is -0.257. The van der Waals surface area contributed by atoms with Crippen molar-refractivity contribution < 1.29 is 30.5 Å². The Morgan fingerprint density at radius 1 is 1.40 bits per heavy atom. The second kappa shape index (κ2) is 5.19. The van der Waals surface area contributed by atoms with Crippen LogP contribution >= 0.6 is 21.0 Å². The number of pyridine rings is 1. The van der Waals surface area contributed by atoms with Crippen LogP contribution in [0.2, 0.25) is 0 Å². The molecule has 0 spiro atoms. The van der Waals surface area contributed by atoms with E-state index in [0.717, 1.165) is 40.9 Å². The Labute approximate surface area is 101 Å². The molecule has 2 heterocycles. The van der Waals surface area contributed by atoms with Gasteiger partial charge in [0, 0.05) is 0 Å². The van der Waals surface area contributed by atoms with E-state index >= 15 is 0 Å². The van der Waals surface area contributed by atoms with E-state index in [1.165, 1.54) is 0 Å². The van der Waals surface area contributed by atoms with Gasteiger partial charge in [-0.2, -0.15) is 13.2 Å². The van der Waals surface area contributed by atoms with Gasteiger partial charge in [0.05, 0.1) is 0 Å². The molecule has 0 aliphatic rings. The summed E-state index contributed by atoms with van der Waals surface area (Å²) in [6.45, 7) is 0. The molecular weight excluding hydrogens is 302 g/mol. The summed E-state index contributed by atoms with van der Waals surface area (Å²) in [5.74, 6) is 0. The number of halogens is 4. The molecule has 2 aromatic heterocycles. The van der Waals surface area contributed by atoms with Gasteiger partial charge >= 0.3 is 33.2 Å². The average Bonchev–Trinajstić information content (AvgIpc) is 2.66. The number of fused-ring (bicyclic) bond motifs is 1. The quantitative estimate of drug-likeness (QED) is 0.552. The fraction of sp³-hybridized carbons (Fsp3) is 0.143. The maximum absolute atomic E-state index is 12.1. The Bertz CT molecular complexity index is 445. The van der Waals surface area contributed by atoms with E-state index in [9.17, 15) is 13.2 Å². The molecule has 0 fully saturated rings. The van der Waals surface area contributed by atoms with Crippen LogP contribution in [0.25, 0.3) is 10.2 Å². The van der Waals surface area contributed by atoms with Gasteiger partial charge in [-0.3, -0.25) is 16.3 Å². The van der Waals surface area contributed by atoms with Crippen LogP contribution in [-0.2, 0) is 23.5 Å². The fourth-order valence-corrected chi connectivity index (χ4v) is 1.43. The summed E-state index contributed by atoms with van der Waals surface area (Å²) < 4.78 is 37.0. The van der Waals surface area contributed by atoms with Crippen LogP contribution in [0, 0.1) is 5.51 Å². The molecule has 0 unspecified atom stereocenters. The van der Waals surface area contributed by atoms with Crippen molar-refractivity contribution in [2.75, 3.05) is 0 Å². The molecule has 8 heteroatoms. The maximum atomic E-state index is 12.1. The molecule has 0 aliphatic heterocycles. The van der Waals surface area contributed by atoms with Gasteiger partial charge in [-0.15, -0.1) is 0 Å². The number of rotatable bonds is 0. The zero-order valence-electron chi connectivity index (χ0n) is 7.18. The van der Waals surface area contributed by atoms with E-state index in [1.54, 1.807) is 0 Å². The molecule has 0 saturated carbocycles. The third-order valence-corrected chi connectivity index (χ3v) is 2.18. The Morgan fingerprint density at radius 2 is 2.07 bits per heavy atom. The van der Waals surface area contributed by atoms with E-state index in [-0.39, 0.29) is 5.52 Å². The van der Waals surface area contributed by atoms with Gasteiger partial charge in [0.25, 0.3) is 0 Å². The number of nitrogens with zero attached hydrogens (tertiary/aromatic N) is 2. The second-order valence-corrected chi connectivity index (χ2v) is 3.17. The summed E-state index contributed by atoms with van der Waals surface area (Å²) in [6.07, 6.45) is -3.25. The minimum atomic E-state index is -4.40. The molecule has 2 nitrogen and oxygen atoms in total. The zero-order valence-corrected chi connectivity index (χ0v) is 11.7. The summed E-state index contributed by atoms with van der Waals surface area (Å²) in [5.41, 5.74) is 1.87. The first kappa shape index (κ1) is 12.8. The summed E-state index contributed by atoms with van der Waals surface area (Å²) in [5, 5.41) is 0. The molecule has 0 amide bonds. The van der Waals surface area contributed by atoms with Crippen molar-refractivity contribution in [3.05, 3.63) is 23.5 Å². The van der Waals surface area contributed by atoms with E-state index in [4.69, 9.17) is 9.69 Å². The topological polar surface area (TPSA) is 25.8 Å². The first-order valence-electron chi connectivity index (χ1n) is 3.54. The van der Waals surface area contributed by atoms with Crippen molar-refractivity contribution in [1.82, 2.24) is 9.97 Å². The van der Waals surface area contributed by atoms with Gasteiger partial charge in [-0.25, -0.2) is 0 Å². The number of hydrogen-bond donors (Lipinski definition) is 0. The normalized spacial score (nSPS) is 11.1. The molecule has 0 atom stereocenters. The van der Waals surface area contributed by atoms with Crippen LogP contribution in [0.1, 0.15) is 5.69 Å². The Morgan fingerprint density at radius 3 is 2.67 bits per heavy atom. The van der Waals surface area contributed by atoms with Gasteiger partial charge < -0.3 is 4.98 Å². The molecule has 0 aliphatic carbocycles. The van der Waals surface area contributed by atoms with Crippen LogP contribution < -0.4 is 0 Å². The van der Waals surface area contributed by atoms with Gasteiger partial charge in [0.1, 0.15) is 5.69 Å². The van der Waals surface area contributed by atoms with Crippen LogP contribution in [0.5, 0.6) is 0 Å². The molecular formula is C7H2ClF3N2SZn. The SMILES string of the molecule is FC(F)(F)c1cc2n[c-]sc2cn1.[Cl][Zn+].